The number of benzene rings is 2. The predicted octanol–water partition coefficient (Wildman–Crippen LogP) is 5.93. The Morgan fingerprint density at radius 1 is 0.972 bits per heavy atom. The lowest BCUT2D eigenvalue weighted by atomic mass is 10.1. The first-order chi connectivity index (χ1) is 17.5. The summed E-state index contributed by atoms with van der Waals surface area (Å²) >= 11 is 1.63. The Bertz CT molecular complexity index is 1320. The monoisotopic (exact) mass is 503 g/mol. The summed E-state index contributed by atoms with van der Waals surface area (Å²) in [6, 6.07) is 16.9. The van der Waals surface area contributed by atoms with Crippen molar-refractivity contribution in [2.45, 2.75) is 45.1 Å². The highest BCUT2D eigenvalue weighted by molar-refractivity contribution is 7.13. The molecule has 2 heterocycles. The number of rotatable bonds is 12. The number of carbonyl (C=O) groups is 2. The number of carboxylic acids is 1. The Hall–Kier alpha value is -3.98. The van der Waals surface area contributed by atoms with E-state index < -0.39 is 5.97 Å². The molecule has 0 radical (unpaired) electrons. The summed E-state index contributed by atoms with van der Waals surface area (Å²) < 4.78 is 1.80. The molecule has 4 aromatic rings. The molecule has 0 bridgehead atoms. The summed E-state index contributed by atoms with van der Waals surface area (Å²) in [5.74, 6) is -0.985. The number of nitrogens with zero attached hydrogens (tertiary/aromatic N) is 3. The topological polar surface area (TPSA) is 123 Å². The molecule has 0 fully saturated rings. The number of aromatic nitrogens is 3. The van der Waals surface area contributed by atoms with Gasteiger partial charge in [-0.05, 0) is 54.1 Å². The average Bonchev–Trinajstić information content (AvgIpc) is 3.57. The van der Waals surface area contributed by atoms with E-state index in [1.54, 1.807) is 34.2 Å². The SMILES string of the molecule is Nc1ccc(-c2cccs2)cc1NC(=O)c1cccc(-c2cn(CCCCCCCC(=O)O)nn2)c1. The number of carbonyl (C=O) groups excluding carboxylic acids is 1. The summed E-state index contributed by atoms with van der Waals surface area (Å²) in [4.78, 5) is 24.7. The Labute approximate surface area is 213 Å². The molecule has 36 heavy (non-hydrogen) atoms. The number of carboxylic acid groups (broad SMARTS) is 1. The lowest BCUT2D eigenvalue weighted by Gasteiger charge is -2.10. The van der Waals surface area contributed by atoms with Crippen LogP contribution in [0.5, 0.6) is 0 Å². The number of nitrogens with one attached hydrogen (secondary N) is 1. The van der Waals surface area contributed by atoms with Crippen LogP contribution in [0.1, 0.15) is 48.9 Å². The van der Waals surface area contributed by atoms with Gasteiger partial charge in [-0.1, -0.05) is 48.7 Å². The molecular weight excluding hydrogens is 474 g/mol. The maximum atomic E-state index is 13.0. The minimum atomic E-state index is -0.737. The van der Waals surface area contributed by atoms with Crippen molar-refractivity contribution in [1.82, 2.24) is 15.0 Å². The number of nitrogens with two attached hydrogens (primary N) is 1. The van der Waals surface area contributed by atoms with Gasteiger partial charge in [-0.15, -0.1) is 16.4 Å². The van der Waals surface area contributed by atoms with Crippen LogP contribution < -0.4 is 11.1 Å². The van der Waals surface area contributed by atoms with Crippen LogP contribution in [0.2, 0.25) is 0 Å². The first-order valence-electron chi connectivity index (χ1n) is 12.0. The van der Waals surface area contributed by atoms with Crippen LogP contribution in [-0.4, -0.2) is 32.0 Å². The standard InChI is InChI=1S/C27H29N5O3S/c28-22-13-12-20(25-10-7-15-36-25)17-23(22)29-27(35)21-9-6-8-19(16-21)24-18-32(31-30-24)14-5-3-1-2-4-11-26(33)34/h6-10,12-13,15-18H,1-5,11,14,28H2,(H,29,35)(H,33,34). The fourth-order valence-corrected chi connectivity index (χ4v) is 4.62. The maximum Gasteiger partial charge on any atom is 0.303 e. The second-order valence-electron chi connectivity index (χ2n) is 8.59. The Morgan fingerprint density at radius 2 is 1.81 bits per heavy atom. The average molecular weight is 504 g/mol. The van der Waals surface area contributed by atoms with Crippen LogP contribution in [0.25, 0.3) is 21.7 Å². The number of anilines is 2. The summed E-state index contributed by atoms with van der Waals surface area (Å²) in [6.07, 6.45) is 6.73. The summed E-state index contributed by atoms with van der Waals surface area (Å²) in [7, 11) is 0. The molecule has 8 nitrogen and oxygen atoms in total. The first-order valence-corrected chi connectivity index (χ1v) is 12.8. The van der Waals surface area contributed by atoms with Gasteiger partial charge < -0.3 is 16.2 Å². The van der Waals surface area contributed by atoms with Crippen LogP contribution in [0, 0.1) is 0 Å². The molecule has 1 amide bonds. The van der Waals surface area contributed by atoms with E-state index in [-0.39, 0.29) is 12.3 Å². The number of unbranched alkanes of at least 4 members (excludes halogenated alkanes) is 4. The first kappa shape index (κ1) is 25.1. The highest BCUT2D eigenvalue weighted by Gasteiger charge is 2.12. The van der Waals surface area contributed by atoms with Crippen molar-refractivity contribution < 1.29 is 14.7 Å². The van der Waals surface area contributed by atoms with Gasteiger partial charge in [0.2, 0.25) is 0 Å². The minimum absolute atomic E-state index is 0.235. The van der Waals surface area contributed by atoms with E-state index in [4.69, 9.17) is 10.8 Å². The molecule has 0 spiro atoms. The highest BCUT2D eigenvalue weighted by atomic mass is 32.1. The molecule has 4 N–H and O–H groups in total. The summed E-state index contributed by atoms with van der Waals surface area (Å²) in [5, 5.41) is 22.1. The van der Waals surface area contributed by atoms with E-state index in [9.17, 15) is 9.59 Å². The van der Waals surface area contributed by atoms with E-state index >= 15 is 0 Å². The number of hydrogen-bond acceptors (Lipinski definition) is 6. The lowest BCUT2D eigenvalue weighted by molar-refractivity contribution is -0.137. The van der Waals surface area contributed by atoms with Gasteiger partial charge in [0.1, 0.15) is 5.69 Å². The van der Waals surface area contributed by atoms with Crippen molar-refractivity contribution >= 4 is 34.6 Å². The number of amides is 1. The third-order valence-electron chi connectivity index (χ3n) is 5.84. The van der Waals surface area contributed by atoms with Crippen LogP contribution in [0.3, 0.4) is 0 Å². The normalized spacial score (nSPS) is 10.9. The number of aryl methyl sites for hydroxylation is 1. The highest BCUT2D eigenvalue weighted by Crippen LogP contribution is 2.30. The van der Waals surface area contributed by atoms with Crippen LogP contribution in [-0.2, 0) is 11.3 Å². The Balaban J connectivity index is 1.35. The predicted molar refractivity (Wildman–Crippen MR) is 143 cm³/mol. The fraction of sp³-hybridized carbons (Fsp3) is 0.259. The Kier molecular flexibility index (Phi) is 8.46. The van der Waals surface area contributed by atoms with Crippen molar-refractivity contribution in [1.29, 1.82) is 0 Å². The number of aliphatic carboxylic acids is 1. The van der Waals surface area contributed by atoms with Gasteiger partial charge in [0.25, 0.3) is 5.91 Å². The van der Waals surface area contributed by atoms with Crippen molar-refractivity contribution in [3.05, 3.63) is 71.7 Å². The molecule has 0 atom stereocenters. The summed E-state index contributed by atoms with van der Waals surface area (Å²) in [5.41, 5.74) is 10.2. The van der Waals surface area contributed by atoms with Gasteiger partial charge in [0, 0.05) is 29.0 Å². The van der Waals surface area contributed by atoms with Crippen LogP contribution in [0.15, 0.2) is 66.2 Å². The third-order valence-corrected chi connectivity index (χ3v) is 6.76. The van der Waals surface area contributed by atoms with Crippen LogP contribution in [0.4, 0.5) is 11.4 Å². The quantitative estimate of drug-likeness (QED) is 0.163. The van der Waals surface area contributed by atoms with E-state index in [1.165, 1.54) is 0 Å². The van der Waals surface area contributed by atoms with Gasteiger partial charge in [0.05, 0.1) is 17.6 Å². The zero-order valence-electron chi connectivity index (χ0n) is 19.9. The fourth-order valence-electron chi connectivity index (χ4n) is 3.90. The molecule has 0 aliphatic carbocycles. The van der Waals surface area contributed by atoms with E-state index in [2.05, 4.69) is 15.6 Å². The largest absolute Gasteiger partial charge is 0.481 e. The molecule has 0 unspecified atom stereocenters. The molecule has 0 aliphatic rings. The minimum Gasteiger partial charge on any atom is -0.481 e. The molecule has 0 aliphatic heterocycles. The molecule has 4 rings (SSSR count). The Morgan fingerprint density at radius 3 is 2.61 bits per heavy atom. The van der Waals surface area contributed by atoms with E-state index in [0.29, 0.717) is 22.6 Å². The zero-order chi connectivity index (χ0) is 25.3. The van der Waals surface area contributed by atoms with Gasteiger partial charge in [-0.25, -0.2) is 0 Å². The van der Waals surface area contributed by atoms with Gasteiger partial charge in [-0.3, -0.25) is 14.3 Å². The number of nitrogen functional groups attached to an aromatic ring is 1. The number of thiophene rings is 1. The molecule has 2 aromatic carbocycles. The van der Waals surface area contributed by atoms with E-state index in [0.717, 1.165) is 54.7 Å². The second kappa shape index (κ2) is 12.1. The molecule has 2 aromatic heterocycles. The molecule has 9 heteroatoms. The van der Waals surface area contributed by atoms with Crippen molar-refractivity contribution in [3.63, 3.8) is 0 Å². The zero-order valence-corrected chi connectivity index (χ0v) is 20.7. The third kappa shape index (κ3) is 6.79. The smallest absolute Gasteiger partial charge is 0.303 e. The maximum absolute atomic E-state index is 13.0. The van der Waals surface area contributed by atoms with Gasteiger partial charge in [0.15, 0.2) is 0 Å². The molecular formula is C27H29N5O3S. The number of hydrogen-bond donors (Lipinski definition) is 3. The van der Waals surface area contributed by atoms with Gasteiger partial charge >= 0.3 is 5.97 Å². The lowest BCUT2D eigenvalue weighted by Crippen LogP contribution is -2.13. The van der Waals surface area contributed by atoms with Crippen LogP contribution >= 0.6 is 11.3 Å². The van der Waals surface area contributed by atoms with Crippen molar-refractivity contribution in [2.24, 2.45) is 0 Å². The van der Waals surface area contributed by atoms with Crippen molar-refractivity contribution in [2.75, 3.05) is 11.1 Å². The van der Waals surface area contributed by atoms with Gasteiger partial charge in [-0.2, -0.15) is 0 Å². The molecule has 186 valence electrons. The molecule has 0 saturated carbocycles. The van der Waals surface area contributed by atoms with E-state index in [1.807, 2.05) is 48.0 Å². The summed E-state index contributed by atoms with van der Waals surface area (Å²) in [6.45, 7) is 0.742. The van der Waals surface area contributed by atoms with Crippen molar-refractivity contribution in [3.8, 4) is 21.7 Å². The molecule has 0 saturated heterocycles. The second-order valence-corrected chi connectivity index (χ2v) is 9.54.